The third-order valence-corrected chi connectivity index (χ3v) is 11.8. The van der Waals surface area contributed by atoms with E-state index in [2.05, 4.69) is 6.92 Å². The van der Waals surface area contributed by atoms with Crippen molar-refractivity contribution in [2.45, 2.75) is 135 Å². The van der Waals surface area contributed by atoms with Crippen molar-refractivity contribution in [3.8, 4) is 0 Å². The zero-order valence-electron chi connectivity index (χ0n) is 33.2. The number of pyridine rings is 1. The third-order valence-electron chi connectivity index (χ3n) is 11.8. The fourth-order valence-electron chi connectivity index (χ4n) is 8.93. The number of benzene rings is 1. The van der Waals surface area contributed by atoms with Crippen LogP contribution in [0.1, 0.15) is 122 Å². The molecule has 1 aromatic heterocycles. The Kier molecular flexibility index (Phi) is 11.1. The van der Waals surface area contributed by atoms with Gasteiger partial charge < -0.3 is 18.9 Å². The van der Waals surface area contributed by atoms with E-state index in [1.165, 1.54) is 9.80 Å². The number of esters is 2. The van der Waals surface area contributed by atoms with Crippen molar-refractivity contribution >= 4 is 46.6 Å². The minimum atomic E-state index is -0.788. The Hall–Kier alpha value is -4.55. The lowest BCUT2D eigenvalue weighted by Crippen LogP contribution is -2.54. The second kappa shape index (κ2) is 15.2. The maximum atomic E-state index is 13.7. The van der Waals surface area contributed by atoms with Crippen molar-refractivity contribution < 1.29 is 47.7 Å². The van der Waals surface area contributed by atoms with Gasteiger partial charge in [0.15, 0.2) is 24.8 Å². The summed E-state index contributed by atoms with van der Waals surface area (Å²) >= 11 is 0. The van der Waals surface area contributed by atoms with E-state index in [1.807, 2.05) is 12.1 Å². The highest BCUT2D eigenvalue weighted by Gasteiger charge is 2.57. The number of ether oxygens (including phenoxy) is 4. The minimum absolute atomic E-state index is 0.0687. The standard InChI is InChI=1S/C42H55N3O10/c1-26-23-41(34(47)25-53-36(49)31-11-9-21-45(31)38(51)55-40(5,6)7)16-18-42(26,19-17-41)33-15-13-27-22-28(12-14-29(27)43-33)32(46)24-52-35(48)30-10-8-20-44(30)37(50)54-39(2,3)4/h12-15,22,26,30-31H,8-11,16-21,23-25H2,1-7H3. The Balaban J connectivity index is 1.04. The van der Waals surface area contributed by atoms with Gasteiger partial charge in [-0.05, 0) is 130 Å². The molecule has 2 aromatic rings. The molecule has 13 heteroatoms. The van der Waals surface area contributed by atoms with E-state index < -0.39 is 59.4 Å². The molecule has 0 spiro atoms. The first-order chi connectivity index (χ1) is 25.8. The first kappa shape index (κ1) is 40.1. The van der Waals surface area contributed by atoms with Crippen LogP contribution >= 0.6 is 0 Å². The lowest BCUT2D eigenvalue weighted by molar-refractivity contribution is -0.158. The van der Waals surface area contributed by atoms with Gasteiger partial charge >= 0.3 is 24.1 Å². The number of amides is 2. The Morgan fingerprint density at radius 1 is 0.745 bits per heavy atom. The van der Waals surface area contributed by atoms with Gasteiger partial charge in [0.1, 0.15) is 23.3 Å². The van der Waals surface area contributed by atoms with Crippen molar-refractivity contribution in [2.24, 2.45) is 11.3 Å². The number of hydrogen-bond donors (Lipinski definition) is 0. The second-order valence-corrected chi connectivity index (χ2v) is 17.9. The van der Waals surface area contributed by atoms with Gasteiger partial charge in [-0.25, -0.2) is 19.2 Å². The number of carbonyl (C=O) groups excluding carboxylic acids is 6. The molecule has 2 saturated heterocycles. The summed E-state index contributed by atoms with van der Waals surface area (Å²) in [5.41, 5.74) is -0.0639. The number of likely N-dealkylation sites (tertiary alicyclic amines) is 2. The third kappa shape index (κ3) is 8.50. The summed E-state index contributed by atoms with van der Waals surface area (Å²) in [6, 6.07) is 7.67. The van der Waals surface area contributed by atoms with Crippen molar-refractivity contribution in [1.82, 2.24) is 14.8 Å². The van der Waals surface area contributed by atoms with Crippen molar-refractivity contribution in [2.75, 3.05) is 26.3 Å². The Labute approximate surface area is 322 Å². The number of aromatic nitrogens is 1. The molecule has 0 N–H and O–H groups in total. The molecule has 3 aliphatic carbocycles. The molecule has 1 aromatic carbocycles. The Morgan fingerprint density at radius 2 is 1.29 bits per heavy atom. The van der Waals surface area contributed by atoms with Gasteiger partial charge in [0.05, 0.1) is 5.52 Å². The molecule has 13 nitrogen and oxygen atoms in total. The molecular formula is C42H55N3O10. The molecule has 5 aliphatic rings. The van der Waals surface area contributed by atoms with Crippen molar-refractivity contribution in [1.29, 1.82) is 0 Å². The van der Waals surface area contributed by atoms with Gasteiger partial charge in [0, 0.05) is 40.6 Å². The normalized spacial score (nSPS) is 26.5. The van der Waals surface area contributed by atoms with Gasteiger partial charge in [-0.1, -0.05) is 13.0 Å². The van der Waals surface area contributed by atoms with E-state index in [0.29, 0.717) is 63.6 Å². The van der Waals surface area contributed by atoms with Crippen LogP contribution in [0.5, 0.6) is 0 Å². The van der Waals surface area contributed by atoms with Crippen LogP contribution in [-0.2, 0) is 38.7 Å². The molecule has 3 atom stereocenters. The van der Waals surface area contributed by atoms with Crippen LogP contribution in [0.3, 0.4) is 0 Å². The van der Waals surface area contributed by atoms with Crippen LogP contribution in [0.15, 0.2) is 30.3 Å². The maximum absolute atomic E-state index is 13.7. The van der Waals surface area contributed by atoms with Crippen molar-refractivity contribution in [3.63, 3.8) is 0 Å². The smallest absolute Gasteiger partial charge is 0.411 e. The monoisotopic (exact) mass is 761 g/mol. The zero-order valence-corrected chi connectivity index (χ0v) is 33.2. The molecule has 7 rings (SSSR count). The highest BCUT2D eigenvalue weighted by atomic mass is 16.6. The molecule has 3 unspecified atom stereocenters. The number of rotatable bonds is 9. The summed E-state index contributed by atoms with van der Waals surface area (Å²) in [7, 11) is 0. The fraction of sp³-hybridized carbons (Fsp3) is 0.643. The van der Waals surface area contributed by atoms with E-state index in [4.69, 9.17) is 23.9 Å². The molecule has 0 radical (unpaired) electrons. The Morgan fingerprint density at radius 3 is 1.82 bits per heavy atom. The molecule has 55 heavy (non-hydrogen) atoms. The lowest BCUT2D eigenvalue weighted by Gasteiger charge is -2.56. The van der Waals surface area contributed by atoms with Gasteiger partial charge in [-0.15, -0.1) is 0 Å². The summed E-state index contributed by atoms with van der Waals surface area (Å²) in [5, 5.41) is 0.780. The number of carbonyl (C=O) groups is 6. The van der Waals surface area contributed by atoms with Crippen molar-refractivity contribution in [3.05, 3.63) is 41.6 Å². The number of hydrogen-bond acceptors (Lipinski definition) is 11. The first-order valence-electron chi connectivity index (χ1n) is 19.6. The molecular weight excluding hydrogens is 706 g/mol. The number of nitrogens with zero attached hydrogens (tertiary/aromatic N) is 3. The maximum Gasteiger partial charge on any atom is 0.411 e. The molecule has 5 fully saturated rings. The summed E-state index contributed by atoms with van der Waals surface area (Å²) in [5.74, 6) is -1.47. The summed E-state index contributed by atoms with van der Waals surface area (Å²) in [6.45, 7) is 12.8. The molecule has 3 saturated carbocycles. The van der Waals surface area contributed by atoms with E-state index in [9.17, 15) is 28.8 Å². The first-order valence-corrected chi connectivity index (χ1v) is 19.6. The van der Waals surface area contributed by atoms with Gasteiger partial charge in [-0.3, -0.25) is 24.4 Å². The average Bonchev–Trinajstić information content (AvgIpc) is 3.83. The quantitative estimate of drug-likeness (QED) is 0.152. The largest absolute Gasteiger partial charge is 0.456 e. The highest BCUT2D eigenvalue weighted by Crippen LogP contribution is 2.60. The van der Waals surface area contributed by atoms with Gasteiger partial charge in [0.2, 0.25) is 0 Å². The predicted molar refractivity (Wildman–Crippen MR) is 201 cm³/mol. The molecule has 2 bridgehead atoms. The van der Waals surface area contributed by atoms with E-state index >= 15 is 0 Å². The summed E-state index contributed by atoms with van der Waals surface area (Å²) in [6.07, 6.45) is 4.65. The van der Waals surface area contributed by atoms with E-state index in [1.54, 1.807) is 59.7 Å². The van der Waals surface area contributed by atoms with Crippen LogP contribution in [0.2, 0.25) is 0 Å². The van der Waals surface area contributed by atoms with E-state index in [-0.39, 0.29) is 29.5 Å². The van der Waals surface area contributed by atoms with Crippen LogP contribution in [0.4, 0.5) is 9.59 Å². The number of Topliss-reactive ketones (excluding diaryl/α,β-unsaturated/α-hetero) is 2. The van der Waals surface area contributed by atoms with Crippen LogP contribution in [-0.4, -0.2) is 100 Å². The minimum Gasteiger partial charge on any atom is -0.456 e. The SMILES string of the molecule is CC1CC2(C(=O)COC(=O)C3CCCN3C(=O)OC(C)(C)C)CCC1(c1ccc3cc(C(=O)COC(=O)C4CCCN4C(=O)OC(C)(C)C)ccc3n1)CC2. The molecule has 2 amide bonds. The predicted octanol–water partition coefficient (Wildman–Crippen LogP) is 6.71. The lowest BCUT2D eigenvalue weighted by atomic mass is 9.47. The molecule has 298 valence electrons. The summed E-state index contributed by atoms with van der Waals surface area (Å²) in [4.78, 5) is 85.9. The Bertz CT molecular complexity index is 1850. The fourth-order valence-corrected chi connectivity index (χ4v) is 8.93. The molecule has 3 heterocycles. The topological polar surface area (TPSA) is 159 Å². The zero-order chi connectivity index (χ0) is 39.9. The van der Waals surface area contributed by atoms with Crippen LogP contribution in [0.25, 0.3) is 10.9 Å². The van der Waals surface area contributed by atoms with Gasteiger partial charge in [0.25, 0.3) is 0 Å². The van der Waals surface area contributed by atoms with Crippen LogP contribution in [0, 0.1) is 11.3 Å². The number of ketones is 2. The highest BCUT2D eigenvalue weighted by molar-refractivity contribution is 6.01. The number of fused-ring (bicyclic) bond motifs is 4. The van der Waals surface area contributed by atoms with E-state index in [0.717, 1.165) is 29.4 Å². The molecule has 2 aliphatic heterocycles. The summed E-state index contributed by atoms with van der Waals surface area (Å²) < 4.78 is 21.9. The second-order valence-electron chi connectivity index (χ2n) is 17.9. The van der Waals surface area contributed by atoms with Gasteiger partial charge in [-0.2, -0.15) is 0 Å². The average molecular weight is 762 g/mol. The van der Waals surface area contributed by atoms with Crippen LogP contribution < -0.4 is 0 Å².